The zero-order chi connectivity index (χ0) is 21.2. The van der Waals surface area contributed by atoms with Crippen molar-refractivity contribution in [2.45, 2.75) is 23.5 Å². The number of thioether (sulfide) groups is 1. The minimum absolute atomic E-state index is 0.0117. The number of halogens is 3. The number of amides is 3. The van der Waals surface area contributed by atoms with Crippen LogP contribution in [0.4, 0.5) is 23.7 Å². The monoisotopic (exact) mass is 424 g/mol. The third kappa shape index (κ3) is 5.48. The zero-order valence-corrected chi connectivity index (χ0v) is 16.6. The normalized spacial score (nSPS) is 15.0. The smallest absolute Gasteiger partial charge is 0.310 e. The second-order valence-electron chi connectivity index (χ2n) is 6.80. The van der Waals surface area contributed by atoms with Gasteiger partial charge in [-0.25, -0.2) is 9.69 Å². The van der Waals surface area contributed by atoms with Crippen LogP contribution in [0.1, 0.15) is 11.3 Å². The highest BCUT2D eigenvalue weighted by Crippen LogP contribution is 2.37. The third-order valence-corrected chi connectivity index (χ3v) is 4.84. The molecule has 0 N–H and O–H groups in total. The van der Waals surface area contributed by atoms with Crippen molar-refractivity contribution in [2.24, 2.45) is 0 Å². The van der Waals surface area contributed by atoms with E-state index in [9.17, 15) is 22.8 Å². The largest absolute Gasteiger partial charge is 0.446 e. The number of nitrogens with zero attached hydrogens (tertiary/aromatic N) is 4. The predicted octanol–water partition coefficient (Wildman–Crippen LogP) is 3.72. The van der Waals surface area contributed by atoms with Crippen molar-refractivity contribution in [3.05, 3.63) is 53.9 Å². The van der Waals surface area contributed by atoms with E-state index in [0.717, 1.165) is 16.2 Å². The predicted molar refractivity (Wildman–Crippen MR) is 103 cm³/mol. The van der Waals surface area contributed by atoms with Gasteiger partial charge in [0.25, 0.3) is 5.91 Å². The second kappa shape index (κ2) is 8.42. The molecule has 1 aliphatic rings. The maximum atomic E-state index is 12.7. The molecule has 3 amide bonds. The Morgan fingerprint density at radius 1 is 1.14 bits per heavy atom. The van der Waals surface area contributed by atoms with Crippen molar-refractivity contribution < 1.29 is 22.8 Å². The molecule has 1 aromatic heterocycles. The number of alkyl halides is 3. The van der Waals surface area contributed by atoms with Crippen molar-refractivity contribution in [1.29, 1.82) is 0 Å². The molecule has 0 saturated carbocycles. The van der Waals surface area contributed by atoms with Crippen LogP contribution in [-0.2, 0) is 17.9 Å². The second-order valence-corrected chi connectivity index (χ2v) is 7.94. The van der Waals surface area contributed by atoms with E-state index in [1.807, 2.05) is 25.1 Å². The number of imide groups is 1. The Morgan fingerprint density at radius 2 is 1.83 bits per heavy atom. The lowest BCUT2D eigenvalue weighted by atomic mass is 10.2. The fourth-order valence-electron chi connectivity index (χ4n) is 2.98. The lowest BCUT2D eigenvalue weighted by molar-refractivity contribution is -0.116. The summed E-state index contributed by atoms with van der Waals surface area (Å²) in [6.07, 6.45) is 1.66. The number of pyridine rings is 1. The van der Waals surface area contributed by atoms with Gasteiger partial charge in [0.1, 0.15) is 6.54 Å². The number of carbonyl (C=O) groups excluding carboxylic acids is 2. The van der Waals surface area contributed by atoms with Gasteiger partial charge in [-0.15, -0.1) is 0 Å². The van der Waals surface area contributed by atoms with E-state index in [1.54, 1.807) is 12.3 Å². The fourth-order valence-corrected chi connectivity index (χ4v) is 3.52. The molecule has 2 aromatic rings. The average molecular weight is 424 g/mol. The summed E-state index contributed by atoms with van der Waals surface area (Å²) in [5.41, 5.74) is -2.46. The lowest BCUT2D eigenvalue weighted by Gasteiger charge is -2.18. The van der Waals surface area contributed by atoms with Crippen molar-refractivity contribution in [1.82, 2.24) is 14.8 Å². The number of urea groups is 1. The quantitative estimate of drug-likeness (QED) is 0.523. The summed E-state index contributed by atoms with van der Waals surface area (Å²) in [4.78, 5) is 33.7. The molecule has 1 saturated heterocycles. The third-order valence-electron chi connectivity index (χ3n) is 4.10. The van der Waals surface area contributed by atoms with E-state index in [2.05, 4.69) is 4.98 Å². The molecule has 0 spiro atoms. The van der Waals surface area contributed by atoms with Gasteiger partial charge in [0.2, 0.25) is 0 Å². The lowest BCUT2D eigenvalue weighted by Crippen LogP contribution is -2.32. The molecule has 0 atom stereocenters. The van der Waals surface area contributed by atoms with Gasteiger partial charge in [0, 0.05) is 24.2 Å². The Bertz CT molecular complexity index is 903. The van der Waals surface area contributed by atoms with Crippen LogP contribution in [0.3, 0.4) is 0 Å². The molecule has 0 bridgehead atoms. The van der Waals surface area contributed by atoms with Crippen molar-refractivity contribution in [3.8, 4) is 0 Å². The Kier molecular flexibility index (Phi) is 6.13. The summed E-state index contributed by atoms with van der Waals surface area (Å²) in [5, 5.41) is 0. The Balaban J connectivity index is 1.71. The highest BCUT2D eigenvalue weighted by molar-refractivity contribution is 8.00. The maximum Gasteiger partial charge on any atom is 0.446 e. The minimum atomic E-state index is -4.40. The van der Waals surface area contributed by atoms with Crippen molar-refractivity contribution in [3.63, 3.8) is 0 Å². The number of hydrogen-bond acceptors (Lipinski definition) is 5. The molecule has 1 fully saturated rings. The van der Waals surface area contributed by atoms with Gasteiger partial charge in [0.15, 0.2) is 0 Å². The Morgan fingerprint density at radius 3 is 2.45 bits per heavy atom. The zero-order valence-electron chi connectivity index (χ0n) is 15.8. The first kappa shape index (κ1) is 21.1. The van der Waals surface area contributed by atoms with Crippen LogP contribution in [-0.4, -0.2) is 52.9 Å². The van der Waals surface area contributed by atoms with Crippen LogP contribution in [0.15, 0.2) is 47.5 Å². The standard InChI is InChI=1S/C19H19F3N4O2S/c1-24(2)11-14-9-13(7-8-23-14)10-25-12-17(27)26(18(25)28)15-3-5-16(6-4-15)29-19(20,21)22/h3-9H,10-12H2,1-2H3. The van der Waals surface area contributed by atoms with Gasteiger partial charge in [-0.05, 0) is 67.8 Å². The van der Waals surface area contributed by atoms with Crippen LogP contribution in [0.5, 0.6) is 0 Å². The molecule has 3 rings (SSSR count). The molecule has 6 nitrogen and oxygen atoms in total. The number of aromatic nitrogens is 1. The van der Waals surface area contributed by atoms with Gasteiger partial charge in [-0.3, -0.25) is 9.78 Å². The summed E-state index contributed by atoms with van der Waals surface area (Å²) in [5.74, 6) is -0.422. The highest BCUT2D eigenvalue weighted by Gasteiger charge is 2.37. The molecule has 2 heterocycles. The van der Waals surface area contributed by atoms with E-state index in [0.29, 0.717) is 6.54 Å². The van der Waals surface area contributed by atoms with E-state index in [1.165, 1.54) is 29.2 Å². The first-order chi connectivity index (χ1) is 13.6. The molecular weight excluding hydrogens is 405 g/mol. The molecule has 0 radical (unpaired) electrons. The van der Waals surface area contributed by atoms with E-state index in [4.69, 9.17) is 0 Å². The number of benzene rings is 1. The summed E-state index contributed by atoms with van der Waals surface area (Å²) >= 11 is -0.247. The fraction of sp³-hybridized carbons (Fsp3) is 0.316. The van der Waals surface area contributed by atoms with Crippen LogP contribution in [0.25, 0.3) is 0 Å². The molecule has 0 unspecified atom stereocenters. The SMILES string of the molecule is CN(C)Cc1cc(CN2CC(=O)N(c3ccc(SC(F)(F)F)cc3)C2=O)ccn1. The summed E-state index contributed by atoms with van der Waals surface area (Å²) in [6, 6.07) is 8.33. The molecule has 10 heteroatoms. The number of hydrogen-bond donors (Lipinski definition) is 0. The maximum absolute atomic E-state index is 12.7. The van der Waals surface area contributed by atoms with Gasteiger partial charge >= 0.3 is 11.5 Å². The number of anilines is 1. The minimum Gasteiger partial charge on any atom is -0.310 e. The summed E-state index contributed by atoms with van der Waals surface area (Å²) in [7, 11) is 3.85. The molecular formula is C19H19F3N4O2S. The van der Waals surface area contributed by atoms with Gasteiger partial charge < -0.3 is 9.80 Å². The first-order valence-corrected chi connectivity index (χ1v) is 9.50. The summed E-state index contributed by atoms with van der Waals surface area (Å²) in [6.45, 7) is 0.796. The molecule has 1 aliphatic heterocycles. The number of carbonyl (C=O) groups is 2. The molecule has 0 aliphatic carbocycles. The van der Waals surface area contributed by atoms with E-state index in [-0.39, 0.29) is 35.4 Å². The van der Waals surface area contributed by atoms with Crippen molar-refractivity contribution in [2.75, 3.05) is 25.5 Å². The van der Waals surface area contributed by atoms with Crippen LogP contribution in [0.2, 0.25) is 0 Å². The van der Waals surface area contributed by atoms with Crippen LogP contribution in [0, 0.1) is 0 Å². The van der Waals surface area contributed by atoms with Crippen molar-refractivity contribution >= 4 is 29.4 Å². The van der Waals surface area contributed by atoms with Gasteiger partial charge in [0.05, 0.1) is 11.4 Å². The molecule has 154 valence electrons. The summed E-state index contributed by atoms with van der Waals surface area (Å²) < 4.78 is 37.4. The van der Waals surface area contributed by atoms with Crippen LogP contribution < -0.4 is 4.90 Å². The highest BCUT2D eigenvalue weighted by atomic mass is 32.2. The van der Waals surface area contributed by atoms with Gasteiger partial charge in [-0.2, -0.15) is 13.2 Å². The van der Waals surface area contributed by atoms with Crippen LogP contribution >= 0.6 is 11.8 Å². The first-order valence-electron chi connectivity index (χ1n) is 8.68. The van der Waals surface area contributed by atoms with E-state index >= 15 is 0 Å². The number of rotatable bonds is 6. The molecule has 1 aromatic carbocycles. The Labute approximate surface area is 170 Å². The van der Waals surface area contributed by atoms with Gasteiger partial charge in [-0.1, -0.05) is 0 Å². The average Bonchev–Trinajstić information content (AvgIpc) is 2.88. The Hall–Kier alpha value is -2.59. The topological polar surface area (TPSA) is 56.8 Å². The molecule has 29 heavy (non-hydrogen) atoms. The van der Waals surface area contributed by atoms with E-state index < -0.39 is 17.4 Å².